The molecular formula is C14H20N4O2. The third-order valence-electron chi connectivity index (χ3n) is 3.64. The van der Waals surface area contributed by atoms with Crippen molar-refractivity contribution in [1.29, 1.82) is 0 Å². The number of nitrogen functional groups attached to an aromatic ring is 1. The van der Waals surface area contributed by atoms with Crippen molar-refractivity contribution in [3.05, 3.63) is 24.0 Å². The van der Waals surface area contributed by atoms with E-state index >= 15 is 0 Å². The molecule has 1 saturated heterocycles. The summed E-state index contributed by atoms with van der Waals surface area (Å²) >= 11 is 0. The topological polar surface area (TPSA) is 76.5 Å². The van der Waals surface area contributed by atoms with Crippen molar-refractivity contribution in [1.82, 2.24) is 14.5 Å². The molecule has 2 heterocycles. The van der Waals surface area contributed by atoms with Crippen molar-refractivity contribution in [2.24, 2.45) is 0 Å². The number of morpholine rings is 1. The summed E-state index contributed by atoms with van der Waals surface area (Å²) in [5.41, 5.74) is 8.44. The van der Waals surface area contributed by atoms with Crippen LogP contribution in [0.15, 0.2) is 18.2 Å². The molecule has 0 saturated carbocycles. The maximum Gasteiger partial charge on any atom is 0.124 e. The minimum absolute atomic E-state index is 0.103. The largest absolute Gasteiger partial charge is 0.399 e. The number of hydrogen-bond donors (Lipinski definition) is 2. The zero-order chi connectivity index (χ0) is 13.9. The van der Waals surface area contributed by atoms with Gasteiger partial charge in [0.25, 0.3) is 0 Å². The second-order valence-corrected chi connectivity index (χ2v) is 5.04. The average Bonchev–Trinajstić information content (AvgIpc) is 2.77. The van der Waals surface area contributed by atoms with E-state index in [1.54, 1.807) is 0 Å². The standard InChI is InChI=1S/C14H20N4O2/c15-11-1-2-13-12(9-11)16-14(18(13)3-6-19)10-17-4-7-20-8-5-17/h1-2,9,19H,3-8,10,15H2. The van der Waals surface area contributed by atoms with Crippen LogP contribution in [-0.4, -0.2) is 52.5 Å². The van der Waals surface area contributed by atoms with Gasteiger partial charge in [-0.05, 0) is 18.2 Å². The van der Waals surface area contributed by atoms with E-state index in [1.165, 1.54) is 0 Å². The first-order valence-electron chi connectivity index (χ1n) is 6.93. The lowest BCUT2D eigenvalue weighted by Crippen LogP contribution is -2.36. The third-order valence-corrected chi connectivity index (χ3v) is 3.64. The summed E-state index contributed by atoms with van der Waals surface area (Å²) in [5.74, 6) is 0.974. The normalized spacial score (nSPS) is 16.9. The number of ether oxygens (including phenoxy) is 1. The number of fused-ring (bicyclic) bond motifs is 1. The van der Waals surface area contributed by atoms with Gasteiger partial charge in [-0.25, -0.2) is 4.98 Å². The predicted molar refractivity (Wildman–Crippen MR) is 77.3 cm³/mol. The summed E-state index contributed by atoms with van der Waals surface area (Å²) in [6, 6.07) is 5.72. The first-order chi connectivity index (χ1) is 9.78. The Morgan fingerprint density at radius 2 is 2.10 bits per heavy atom. The van der Waals surface area contributed by atoms with Crippen LogP contribution < -0.4 is 5.73 Å². The number of aliphatic hydroxyl groups is 1. The van der Waals surface area contributed by atoms with Gasteiger partial charge in [-0.2, -0.15) is 0 Å². The van der Waals surface area contributed by atoms with Gasteiger partial charge in [0.15, 0.2) is 0 Å². The molecule has 0 bridgehead atoms. The molecule has 2 aromatic rings. The maximum atomic E-state index is 9.28. The molecular weight excluding hydrogens is 256 g/mol. The minimum Gasteiger partial charge on any atom is -0.399 e. The van der Waals surface area contributed by atoms with E-state index in [4.69, 9.17) is 10.5 Å². The van der Waals surface area contributed by atoms with Gasteiger partial charge in [0.1, 0.15) is 5.82 Å². The first-order valence-corrected chi connectivity index (χ1v) is 6.93. The zero-order valence-corrected chi connectivity index (χ0v) is 11.5. The molecule has 3 N–H and O–H groups in total. The fourth-order valence-electron chi connectivity index (χ4n) is 2.63. The monoisotopic (exact) mass is 276 g/mol. The Balaban J connectivity index is 1.93. The van der Waals surface area contributed by atoms with Crippen LogP contribution in [-0.2, 0) is 17.8 Å². The Morgan fingerprint density at radius 1 is 1.30 bits per heavy atom. The molecule has 6 heteroatoms. The zero-order valence-electron chi connectivity index (χ0n) is 11.5. The van der Waals surface area contributed by atoms with Crippen molar-refractivity contribution < 1.29 is 9.84 Å². The Morgan fingerprint density at radius 3 is 2.85 bits per heavy atom. The molecule has 1 aromatic heterocycles. The van der Waals surface area contributed by atoms with Gasteiger partial charge >= 0.3 is 0 Å². The summed E-state index contributed by atoms with van der Waals surface area (Å²) in [4.78, 5) is 7.00. The van der Waals surface area contributed by atoms with Crippen molar-refractivity contribution in [2.45, 2.75) is 13.1 Å². The molecule has 0 unspecified atom stereocenters. The molecule has 0 spiro atoms. The number of nitrogens with two attached hydrogens (primary N) is 1. The summed E-state index contributed by atoms with van der Waals surface area (Å²) in [7, 11) is 0. The SMILES string of the molecule is Nc1ccc2c(c1)nc(CN1CCOCC1)n2CCO. The number of hydrogen-bond acceptors (Lipinski definition) is 5. The number of aromatic nitrogens is 2. The molecule has 0 amide bonds. The Kier molecular flexibility index (Phi) is 3.86. The molecule has 1 fully saturated rings. The van der Waals surface area contributed by atoms with Crippen LogP contribution in [0.3, 0.4) is 0 Å². The number of nitrogens with zero attached hydrogens (tertiary/aromatic N) is 3. The van der Waals surface area contributed by atoms with Crippen molar-refractivity contribution >= 4 is 16.7 Å². The fraction of sp³-hybridized carbons (Fsp3) is 0.500. The fourth-order valence-corrected chi connectivity index (χ4v) is 2.63. The lowest BCUT2D eigenvalue weighted by molar-refractivity contribution is 0.0325. The summed E-state index contributed by atoms with van der Waals surface area (Å²) < 4.78 is 7.44. The second kappa shape index (κ2) is 5.78. The molecule has 1 aliphatic rings. The molecule has 6 nitrogen and oxygen atoms in total. The van der Waals surface area contributed by atoms with Crippen molar-refractivity contribution in [3.63, 3.8) is 0 Å². The highest BCUT2D eigenvalue weighted by Crippen LogP contribution is 2.20. The van der Waals surface area contributed by atoms with E-state index in [1.807, 2.05) is 18.2 Å². The van der Waals surface area contributed by atoms with E-state index in [0.717, 1.165) is 49.7 Å². The van der Waals surface area contributed by atoms with Crippen LogP contribution in [0.1, 0.15) is 5.82 Å². The van der Waals surface area contributed by atoms with Crippen LogP contribution >= 0.6 is 0 Å². The van der Waals surface area contributed by atoms with Gasteiger partial charge in [-0.1, -0.05) is 0 Å². The molecule has 0 radical (unpaired) electrons. The molecule has 108 valence electrons. The second-order valence-electron chi connectivity index (χ2n) is 5.04. The summed E-state index contributed by atoms with van der Waals surface area (Å²) in [6.45, 7) is 4.82. The van der Waals surface area contributed by atoms with E-state index in [-0.39, 0.29) is 6.61 Å². The molecule has 1 aliphatic heterocycles. The number of benzene rings is 1. The smallest absolute Gasteiger partial charge is 0.124 e. The summed E-state index contributed by atoms with van der Waals surface area (Å²) in [5, 5.41) is 9.28. The molecule has 3 rings (SSSR count). The Labute approximate surface area is 117 Å². The summed E-state index contributed by atoms with van der Waals surface area (Å²) in [6.07, 6.45) is 0. The minimum atomic E-state index is 0.103. The number of imidazole rings is 1. The van der Waals surface area contributed by atoms with Crippen LogP contribution in [0.4, 0.5) is 5.69 Å². The van der Waals surface area contributed by atoms with E-state index in [0.29, 0.717) is 12.2 Å². The molecule has 0 atom stereocenters. The first kappa shape index (κ1) is 13.4. The van der Waals surface area contributed by atoms with E-state index in [2.05, 4.69) is 14.5 Å². The van der Waals surface area contributed by atoms with Crippen LogP contribution in [0.2, 0.25) is 0 Å². The van der Waals surface area contributed by atoms with Crippen molar-refractivity contribution in [3.8, 4) is 0 Å². The van der Waals surface area contributed by atoms with Gasteiger partial charge in [-0.3, -0.25) is 4.90 Å². The highest BCUT2D eigenvalue weighted by Gasteiger charge is 2.16. The van der Waals surface area contributed by atoms with Gasteiger partial charge in [0.05, 0.1) is 37.4 Å². The lowest BCUT2D eigenvalue weighted by Gasteiger charge is -2.26. The maximum absolute atomic E-state index is 9.28. The molecule has 0 aliphatic carbocycles. The molecule has 20 heavy (non-hydrogen) atoms. The van der Waals surface area contributed by atoms with Crippen LogP contribution in [0.5, 0.6) is 0 Å². The number of aliphatic hydroxyl groups excluding tert-OH is 1. The van der Waals surface area contributed by atoms with Crippen LogP contribution in [0, 0.1) is 0 Å². The highest BCUT2D eigenvalue weighted by molar-refractivity contribution is 5.79. The predicted octanol–water partition coefficient (Wildman–Crippen LogP) is 0.443. The Bertz CT molecular complexity index is 590. The van der Waals surface area contributed by atoms with Gasteiger partial charge in [0, 0.05) is 25.3 Å². The lowest BCUT2D eigenvalue weighted by atomic mass is 10.3. The third kappa shape index (κ3) is 2.63. The Hall–Kier alpha value is -1.63. The van der Waals surface area contributed by atoms with Gasteiger partial charge in [0.2, 0.25) is 0 Å². The highest BCUT2D eigenvalue weighted by atomic mass is 16.5. The quantitative estimate of drug-likeness (QED) is 0.793. The van der Waals surface area contributed by atoms with Gasteiger partial charge in [-0.15, -0.1) is 0 Å². The number of rotatable bonds is 4. The average molecular weight is 276 g/mol. The van der Waals surface area contributed by atoms with E-state index in [9.17, 15) is 5.11 Å². The van der Waals surface area contributed by atoms with E-state index < -0.39 is 0 Å². The van der Waals surface area contributed by atoms with Crippen LogP contribution in [0.25, 0.3) is 11.0 Å². The molecule has 1 aromatic carbocycles. The number of anilines is 1. The van der Waals surface area contributed by atoms with Gasteiger partial charge < -0.3 is 20.1 Å². The van der Waals surface area contributed by atoms with Crippen molar-refractivity contribution in [2.75, 3.05) is 38.6 Å².